The maximum atomic E-state index is 9.72. The summed E-state index contributed by atoms with van der Waals surface area (Å²) in [5.74, 6) is 0. The molecule has 0 spiro atoms. The summed E-state index contributed by atoms with van der Waals surface area (Å²) in [4.78, 5) is 0. The van der Waals surface area contributed by atoms with E-state index >= 15 is 0 Å². The molecule has 2 rings (SSSR count). The molecule has 2 atom stereocenters. The van der Waals surface area contributed by atoms with Gasteiger partial charge in [-0.3, -0.25) is 0 Å². The van der Waals surface area contributed by atoms with Gasteiger partial charge in [-0.25, -0.2) is 0 Å². The van der Waals surface area contributed by atoms with Gasteiger partial charge in [-0.2, -0.15) is 0 Å². The number of rotatable bonds is 3. The number of halogens is 1. The van der Waals surface area contributed by atoms with E-state index in [4.69, 9.17) is 16.3 Å². The van der Waals surface area contributed by atoms with E-state index < -0.39 is 6.10 Å². The van der Waals surface area contributed by atoms with Gasteiger partial charge >= 0.3 is 0 Å². The van der Waals surface area contributed by atoms with Gasteiger partial charge in [0.25, 0.3) is 0 Å². The largest absolute Gasteiger partial charge is 0.388 e. The highest BCUT2D eigenvalue weighted by molar-refractivity contribution is 6.30. The molecule has 0 saturated carbocycles. The van der Waals surface area contributed by atoms with Crippen molar-refractivity contribution in [1.82, 2.24) is 0 Å². The maximum Gasteiger partial charge on any atom is 0.0837 e. The molecule has 2 nitrogen and oxygen atoms in total. The molecule has 1 aromatic rings. The second kappa shape index (κ2) is 3.66. The minimum Gasteiger partial charge on any atom is -0.388 e. The van der Waals surface area contributed by atoms with Crippen LogP contribution in [0.15, 0.2) is 24.3 Å². The lowest BCUT2D eigenvalue weighted by atomic mass is 10.1. The lowest BCUT2D eigenvalue weighted by Gasteiger charge is -2.08. The van der Waals surface area contributed by atoms with Crippen LogP contribution in [0, 0.1) is 0 Å². The molecule has 1 fully saturated rings. The van der Waals surface area contributed by atoms with Gasteiger partial charge in [-0.15, -0.1) is 0 Å². The molecule has 0 aliphatic carbocycles. The predicted molar refractivity (Wildman–Crippen MR) is 50.8 cm³/mol. The lowest BCUT2D eigenvalue weighted by Crippen LogP contribution is -2.01. The van der Waals surface area contributed by atoms with E-state index in [1.165, 1.54) is 0 Å². The van der Waals surface area contributed by atoms with Crippen molar-refractivity contribution in [3.8, 4) is 0 Å². The van der Waals surface area contributed by atoms with Crippen molar-refractivity contribution in [1.29, 1.82) is 0 Å². The van der Waals surface area contributed by atoms with E-state index in [0.29, 0.717) is 11.4 Å². The smallest absolute Gasteiger partial charge is 0.0837 e. The maximum absolute atomic E-state index is 9.72. The van der Waals surface area contributed by atoms with Crippen LogP contribution in [0.1, 0.15) is 18.1 Å². The van der Waals surface area contributed by atoms with Crippen LogP contribution >= 0.6 is 11.6 Å². The van der Waals surface area contributed by atoms with Gasteiger partial charge in [0.05, 0.1) is 18.8 Å². The summed E-state index contributed by atoms with van der Waals surface area (Å²) < 4.78 is 5.04. The van der Waals surface area contributed by atoms with Crippen LogP contribution in [0.2, 0.25) is 5.02 Å². The summed E-state index contributed by atoms with van der Waals surface area (Å²) in [5, 5.41) is 10.4. The Labute approximate surface area is 82.1 Å². The van der Waals surface area contributed by atoms with E-state index in [1.54, 1.807) is 12.1 Å². The molecule has 70 valence electrons. The molecule has 1 heterocycles. The van der Waals surface area contributed by atoms with E-state index in [1.807, 2.05) is 12.1 Å². The lowest BCUT2D eigenvalue weighted by molar-refractivity contribution is 0.154. The average molecular weight is 199 g/mol. The van der Waals surface area contributed by atoms with E-state index in [9.17, 15) is 5.11 Å². The molecule has 1 aliphatic rings. The third-order valence-corrected chi connectivity index (χ3v) is 2.36. The highest BCUT2D eigenvalue weighted by atomic mass is 35.5. The molecule has 1 aromatic carbocycles. The van der Waals surface area contributed by atoms with Gasteiger partial charge in [0.2, 0.25) is 0 Å². The van der Waals surface area contributed by atoms with Gasteiger partial charge in [0, 0.05) is 11.4 Å². The molecule has 0 aromatic heterocycles. The first kappa shape index (κ1) is 9.00. The number of ether oxygens (including phenoxy) is 1. The number of benzene rings is 1. The molecule has 2 unspecified atom stereocenters. The second-order valence-electron chi connectivity index (χ2n) is 3.26. The topological polar surface area (TPSA) is 32.8 Å². The second-order valence-corrected chi connectivity index (χ2v) is 3.70. The van der Waals surface area contributed by atoms with Crippen molar-refractivity contribution >= 4 is 11.6 Å². The number of hydrogen-bond donors (Lipinski definition) is 1. The molecule has 0 bridgehead atoms. The summed E-state index contributed by atoms with van der Waals surface area (Å²) in [5.41, 5.74) is 0.864. The normalized spacial score (nSPS) is 22.8. The van der Waals surface area contributed by atoms with E-state index in [2.05, 4.69) is 0 Å². The van der Waals surface area contributed by atoms with Crippen LogP contribution < -0.4 is 0 Å². The van der Waals surface area contributed by atoms with Crippen molar-refractivity contribution in [2.75, 3.05) is 6.61 Å². The zero-order chi connectivity index (χ0) is 9.26. The average Bonchev–Trinajstić information content (AvgIpc) is 2.88. The van der Waals surface area contributed by atoms with E-state index in [-0.39, 0.29) is 6.10 Å². The third kappa shape index (κ3) is 2.44. The highest BCUT2D eigenvalue weighted by Gasteiger charge is 2.26. The van der Waals surface area contributed by atoms with Gasteiger partial charge in [0.15, 0.2) is 0 Å². The molecule has 0 amide bonds. The van der Waals surface area contributed by atoms with Gasteiger partial charge in [-0.1, -0.05) is 23.7 Å². The number of epoxide rings is 1. The minimum atomic E-state index is -0.453. The Bertz CT molecular complexity index is 297. The van der Waals surface area contributed by atoms with Gasteiger partial charge in [0.1, 0.15) is 0 Å². The zero-order valence-electron chi connectivity index (χ0n) is 7.11. The first-order valence-electron chi connectivity index (χ1n) is 4.31. The highest BCUT2D eigenvalue weighted by Crippen LogP contribution is 2.26. The zero-order valence-corrected chi connectivity index (χ0v) is 7.87. The summed E-state index contributed by atoms with van der Waals surface area (Å²) in [7, 11) is 0. The van der Waals surface area contributed by atoms with Crippen molar-refractivity contribution < 1.29 is 9.84 Å². The molecule has 3 heteroatoms. The summed E-state index contributed by atoms with van der Waals surface area (Å²) in [6.45, 7) is 0.775. The third-order valence-electron chi connectivity index (χ3n) is 2.12. The Morgan fingerprint density at radius 3 is 3.00 bits per heavy atom. The Morgan fingerprint density at radius 1 is 1.62 bits per heavy atom. The van der Waals surface area contributed by atoms with Crippen LogP contribution in [-0.2, 0) is 4.74 Å². The van der Waals surface area contributed by atoms with Crippen molar-refractivity contribution in [3.63, 3.8) is 0 Å². The van der Waals surface area contributed by atoms with Gasteiger partial charge in [-0.05, 0) is 17.7 Å². The van der Waals surface area contributed by atoms with Crippen molar-refractivity contribution in [3.05, 3.63) is 34.9 Å². The number of hydrogen-bond acceptors (Lipinski definition) is 2. The van der Waals surface area contributed by atoms with Crippen LogP contribution in [-0.4, -0.2) is 17.8 Å². The fraction of sp³-hybridized carbons (Fsp3) is 0.400. The SMILES string of the molecule is OC(CC1CO1)c1cccc(Cl)c1. The summed E-state index contributed by atoms with van der Waals surface area (Å²) in [6.07, 6.45) is 0.459. The van der Waals surface area contributed by atoms with Crippen LogP contribution in [0.3, 0.4) is 0 Å². The first-order valence-corrected chi connectivity index (χ1v) is 4.68. The van der Waals surface area contributed by atoms with Crippen LogP contribution in [0.25, 0.3) is 0 Å². The first-order chi connectivity index (χ1) is 6.25. The fourth-order valence-electron chi connectivity index (χ4n) is 1.30. The Morgan fingerprint density at radius 2 is 2.38 bits per heavy atom. The fourth-order valence-corrected chi connectivity index (χ4v) is 1.50. The van der Waals surface area contributed by atoms with Crippen molar-refractivity contribution in [2.24, 2.45) is 0 Å². The summed E-state index contributed by atoms with van der Waals surface area (Å²) >= 11 is 5.80. The standard InChI is InChI=1S/C10H11ClO2/c11-8-3-1-2-7(4-8)10(12)5-9-6-13-9/h1-4,9-10,12H,5-6H2. The number of aliphatic hydroxyl groups excluding tert-OH is 1. The molecule has 1 saturated heterocycles. The predicted octanol–water partition coefficient (Wildman–Crippen LogP) is 2.16. The van der Waals surface area contributed by atoms with E-state index in [0.717, 1.165) is 12.2 Å². The number of aliphatic hydroxyl groups is 1. The Balaban J connectivity index is 2.04. The Hall–Kier alpha value is -0.570. The molecular formula is C10H11ClO2. The molecule has 13 heavy (non-hydrogen) atoms. The van der Waals surface area contributed by atoms with Crippen molar-refractivity contribution in [2.45, 2.75) is 18.6 Å². The minimum absolute atomic E-state index is 0.244. The molecule has 1 aliphatic heterocycles. The summed E-state index contributed by atoms with van der Waals surface area (Å²) in [6, 6.07) is 7.30. The van der Waals surface area contributed by atoms with Crippen LogP contribution in [0.5, 0.6) is 0 Å². The van der Waals surface area contributed by atoms with Gasteiger partial charge < -0.3 is 9.84 Å². The van der Waals surface area contributed by atoms with Crippen LogP contribution in [0.4, 0.5) is 0 Å². The quantitative estimate of drug-likeness (QED) is 0.756. The molecule has 1 N–H and O–H groups in total. The Kier molecular flexibility index (Phi) is 2.54. The molecular weight excluding hydrogens is 188 g/mol. The molecule has 0 radical (unpaired) electrons. The monoisotopic (exact) mass is 198 g/mol.